The van der Waals surface area contributed by atoms with E-state index in [1.54, 1.807) is 0 Å². The third-order valence-electron chi connectivity index (χ3n) is 3.74. The molecule has 3 heteroatoms. The zero-order valence-electron chi connectivity index (χ0n) is 12.7. The van der Waals surface area contributed by atoms with Crippen molar-refractivity contribution in [2.75, 3.05) is 12.3 Å². The van der Waals surface area contributed by atoms with Crippen molar-refractivity contribution in [2.24, 2.45) is 11.3 Å². The average Bonchev–Trinajstić information content (AvgIpc) is 2.33. The fourth-order valence-electron chi connectivity index (χ4n) is 2.49. The molecule has 1 aliphatic carbocycles. The van der Waals surface area contributed by atoms with Gasteiger partial charge in [0.25, 0.3) is 0 Å². The van der Waals surface area contributed by atoms with Crippen LogP contribution in [0.5, 0.6) is 0 Å². The highest BCUT2D eigenvalue weighted by atomic mass is 32.2. The Morgan fingerprint density at radius 3 is 2.79 bits per heavy atom. The smallest absolute Gasteiger partial charge is 0.106 e. The van der Waals surface area contributed by atoms with Gasteiger partial charge in [0, 0.05) is 12.3 Å². The average molecular weight is 278 g/mol. The van der Waals surface area contributed by atoms with Crippen LogP contribution >= 0.6 is 11.8 Å². The predicted molar refractivity (Wildman–Crippen MR) is 85.1 cm³/mol. The van der Waals surface area contributed by atoms with Crippen molar-refractivity contribution >= 4 is 11.8 Å². The molecule has 1 aliphatic heterocycles. The molecule has 0 amide bonds. The zero-order valence-corrected chi connectivity index (χ0v) is 13.5. The fraction of sp³-hybridized carbons (Fsp3) is 0.688. The largest absolute Gasteiger partial charge is 0.293 e. The molecule has 2 aliphatic rings. The van der Waals surface area contributed by atoms with Crippen LogP contribution in [0.25, 0.3) is 0 Å². The minimum absolute atomic E-state index is 0.330. The molecule has 0 bridgehead atoms. The second-order valence-electron chi connectivity index (χ2n) is 6.65. The van der Waals surface area contributed by atoms with E-state index in [0.29, 0.717) is 22.9 Å². The Morgan fingerprint density at radius 2 is 2.21 bits per heavy atom. The molecule has 2 atom stereocenters. The van der Waals surface area contributed by atoms with Crippen LogP contribution in [0.3, 0.4) is 0 Å². The molecule has 1 saturated heterocycles. The van der Waals surface area contributed by atoms with Gasteiger partial charge in [-0.3, -0.25) is 10.6 Å². The minimum atomic E-state index is 0.330. The molecule has 2 N–H and O–H groups in total. The van der Waals surface area contributed by atoms with Crippen molar-refractivity contribution in [3.63, 3.8) is 0 Å². The summed E-state index contributed by atoms with van der Waals surface area (Å²) < 4.78 is 0. The number of rotatable bonds is 3. The molecule has 0 spiro atoms. The van der Waals surface area contributed by atoms with E-state index < -0.39 is 0 Å². The van der Waals surface area contributed by atoms with Crippen LogP contribution in [0.2, 0.25) is 0 Å². The summed E-state index contributed by atoms with van der Waals surface area (Å²) in [5, 5.41) is 7.35. The second-order valence-corrected chi connectivity index (χ2v) is 7.74. The highest BCUT2D eigenvalue weighted by Crippen LogP contribution is 2.29. The third-order valence-corrected chi connectivity index (χ3v) is 5.33. The molecule has 1 fully saturated rings. The van der Waals surface area contributed by atoms with E-state index >= 15 is 0 Å². The van der Waals surface area contributed by atoms with Gasteiger partial charge in [-0.1, -0.05) is 33.8 Å². The molecule has 0 aromatic rings. The quantitative estimate of drug-likeness (QED) is 0.775. The molecule has 2 nitrogen and oxygen atoms in total. The molecule has 106 valence electrons. The van der Waals surface area contributed by atoms with Gasteiger partial charge in [-0.2, -0.15) is 0 Å². The van der Waals surface area contributed by atoms with Crippen molar-refractivity contribution in [1.29, 1.82) is 0 Å². The molecule has 0 radical (unpaired) electrons. The van der Waals surface area contributed by atoms with Gasteiger partial charge in [0.05, 0.1) is 6.04 Å². The van der Waals surface area contributed by atoms with Crippen LogP contribution in [0.15, 0.2) is 29.0 Å². The van der Waals surface area contributed by atoms with E-state index in [1.165, 1.54) is 16.9 Å². The Balaban J connectivity index is 2.02. The SMILES string of the molecule is CC1=C=CC=C(C(C)C)C1NC1NCC(C)(C)CS1. The maximum absolute atomic E-state index is 3.74. The number of allylic oxidation sites excluding steroid dienone is 1. The molecular formula is C16H26N2S. The molecule has 2 unspecified atom stereocenters. The van der Waals surface area contributed by atoms with E-state index in [9.17, 15) is 0 Å². The minimum Gasteiger partial charge on any atom is -0.293 e. The highest BCUT2D eigenvalue weighted by molar-refractivity contribution is 7.99. The fourth-order valence-corrected chi connectivity index (χ4v) is 3.65. The first-order valence-electron chi connectivity index (χ1n) is 7.13. The van der Waals surface area contributed by atoms with Crippen LogP contribution in [0.1, 0.15) is 34.6 Å². The Kier molecular flexibility index (Phi) is 4.62. The van der Waals surface area contributed by atoms with Crippen LogP contribution in [-0.2, 0) is 0 Å². The summed E-state index contributed by atoms with van der Waals surface area (Å²) in [5.74, 6) is 1.76. The number of hydrogen-bond acceptors (Lipinski definition) is 3. The van der Waals surface area contributed by atoms with Crippen molar-refractivity contribution in [3.05, 3.63) is 29.0 Å². The van der Waals surface area contributed by atoms with Gasteiger partial charge in [0.1, 0.15) is 5.50 Å². The second kappa shape index (κ2) is 5.88. The normalized spacial score (nSPS) is 30.2. The molecular weight excluding hydrogens is 252 g/mol. The lowest BCUT2D eigenvalue weighted by Gasteiger charge is -2.38. The van der Waals surface area contributed by atoms with Crippen molar-refractivity contribution in [1.82, 2.24) is 10.6 Å². The third kappa shape index (κ3) is 3.76. The van der Waals surface area contributed by atoms with Crippen molar-refractivity contribution in [3.8, 4) is 0 Å². The summed E-state index contributed by atoms with van der Waals surface area (Å²) in [6.07, 6.45) is 4.26. The standard InChI is InChI=1S/C16H26N2S/c1-11(2)13-8-6-7-12(3)14(13)18-15-17-9-16(4,5)10-19-15/h6,8,11,14-15,17-18H,9-10H2,1-5H3. The zero-order chi connectivity index (χ0) is 14.0. The summed E-state index contributed by atoms with van der Waals surface area (Å²) >= 11 is 1.98. The van der Waals surface area contributed by atoms with E-state index in [0.717, 1.165) is 6.54 Å². The molecule has 0 aromatic heterocycles. The Bertz CT molecular complexity index is 418. The van der Waals surface area contributed by atoms with Gasteiger partial charge >= 0.3 is 0 Å². The Morgan fingerprint density at radius 1 is 1.47 bits per heavy atom. The summed E-state index contributed by atoms with van der Waals surface area (Å²) in [5.41, 5.74) is 6.83. The molecule has 0 saturated carbocycles. The summed E-state index contributed by atoms with van der Waals surface area (Å²) in [4.78, 5) is 0. The van der Waals surface area contributed by atoms with E-state index in [4.69, 9.17) is 0 Å². The van der Waals surface area contributed by atoms with Gasteiger partial charge < -0.3 is 0 Å². The maximum atomic E-state index is 3.74. The molecule has 1 heterocycles. The van der Waals surface area contributed by atoms with E-state index in [2.05, 4.69) is 57.1 Å². The topological polar surface area (TPSA) is 24.1 Å². The maximum Gasteiger partial charge on any atom is 0.106 e. The number of hydrogen-bond donors (Lipinski definition) is 2. The van der Waals surface area contributed by atoms with Crippen LogP contribution in [0.4, 0.5) is 0 Å². The van der Waals surface area contributed by atoms with E-state index in [1.807, 2.05) is 17.8 Å². The van der Waals surface area contributed by atoms with Gasteiger partial charge in [0.15, 0.2) is 0 Å². The number of nitrogens with one attached hydrogen (secondary N) is 2. The van der Waals surface area contributed by atoms with Gasteiger partial charge in [-0.15, -0.1) is 17.5 Å². The number of thioether (sulfide) groups is 1. The predicted octanol–water partition coefficient (Wildman–Crippen LogP) is 3.29. The van der Waals surface area contributed by atoms with Gasteiger partial charge in [-0.05, 0) is 35.5 Å². The Hall–Kier alpha value is -0.470. The highest BCUT2D eigenvalue weighted by Gasteiger charge is 2.30. The van der Waals surface area contributed by atoms with Crippen molar-refractivity contribution in [2.45, 2.75) is 46.2 Å². The lowest BCUT2D eigenvalue weighted by Crippen LogP contribution is -2.53. The lowest BCUT2D eigenvalue weighted by atomic mass is 9.89. The van der Waals surface area contributed by atoms with Crippen molar-refractivity contribution < 1.29 is 0 Å². The molecule has 2 rings (SSSR count). The Labute approximate surface area is 121 Å². The lowest BCUT2D eigenvalue weighted by molar-refractivity contribution is 0.345. The molecule has 0 aromatic carbocycles. The van der Waals surface area contributed by atoms with Crippen LogP contribution in [0, 0.1) is 11.3 Å². The summed E-state index contributed by atoms with van der Waals surface area (Å²) in [7, 11) is 0. The summed E-state index contributed by atoms with van der Waals surface area (Å²) in [6.45, 7) is 12.4. The molecule has 19 heavy (non-hydrogen) atoms. The van der Waals surface area contributed by atoms with Gasteiger partial charge in [-0.25, -0.2) is 0 Å². The monoisotopic (exact) mass is 278 g/mol. The first-order chi connectivity index (χ1) is 8.89. The van der Waals surface area contributed by atoms with Crippen LogP contribution < -0.4 is 10.6 Å². The summed E-state index contributed by atoms with van der Waals surface area (Å²) in [6, 6.07) is 0.330. The van der Waals surface area contributed by atoms with E-state index in [-0.39, 0.29) is 0 Å². The van der Waals surface area contributed by atoms with Crippen LogP contribution in [-0.4, -0.2) is 23.8 Å². The first-order valence-corrected chi connectivity index (χ1v) is 8.18. The first kappa shape index (κ1) is 14.9. The van der Waals surface area contributed by atoms with Gasteiger partial charge in [0.2, 0.25) is 0 Å².